The van der Waals surface area contributed by atoms with Crippen LogP contribution in [0.2, 0.25) is 0 Å². The predicted octanol–water partition coefficient (Wildman–Crippen LogP) is 2.66. The number of benzene rings is 1. The van der Waals surface area contributed by atoms with Crippen molar-refractivity contribution in [1.82, 2.24) is 9.47 Å². The molecular weight excluding hydrogens is 432 g/mol. The van der Waals surface area contributed by atoms with Gasteiger partial charge in [-0.3, -0.25) is 9.52 Å². The molecule has 9 nitrogen and oxygen atoms in total. The van der Waals surface area contributed by atoms with Crippen LogP contribution in [0.5, 0.6) is 5.75 Å². The van der Waals surface area contributed by atoms with Gasteiger partial charge in [-0.25, -0.2) is 13.2 Å². The summed E-state index contributed by atoms with van der Waals surface area (Å²) in [7, 11) is -1.95. The fourth-order valence-corrected chi connectivity index (χ4v) is 5.68. The van der Waals surface area contributed by atoms with Crippen molar-refractivity contribution >= 4 is 27.4 Å². The second-order valence-corrected chi connectivity index (χ2v) is 10.2. The number of amides is 2. The lowest BCUT2D eigenvalue weighted by molar-refractivity contribution is 0.139. The Morgan fingerprint density at radius 2 is 1.88 bits per heavy atom. The molecule has 2 amide bonds. The maximum atomic E-state index is 13.0. The van der Waals surface area contributed by atoms with Crippen LogP contribution < -0.4 is 20.3 Å². The maximum Gasteiger partial charge on any atom is 0.321 e. The fraction of sp³-hybridized carbons (Fsp3) is 0.455. The number of ether oxygens (including phenoxy) is 1. The van der Waals surface area contributed by atoms with Crippen molar-refractivity contribution in [2.75, 3.05) is 36.0 Å². The lowest BCUT2D eigenvalue weighted by Gasteiger charge is -2.42. The number of carbonyl (C=O) groups is 1. The zero-order valence-corrected chi connectivity index (χ0v) is 19.0. The lowest BCUT2D eigenvalue weighted by Crippen LogP contribution is -2.50. The van der Waals surface area contributed by atoms with E-state index in [2.05, 4.69) is 10.0 Å². The number of nitrogens with zero attached hydrogens (tertiary/aromatic N) is 2. The summed E-state index contributed by atoms with van der Waals surface area (Å²) in [4.78, 5) is 27.6. The van der Waals surface area contributed by atoms with Gasteiger partial charge in [0, 0.05) is 36.9 Å². The third-order valence-electron chi connectivity index (χ3n) is 5.97. The second-order valence-electron chi connectivity index (χ2n) is 8.37. The second kappa shape index (κ2) is 8.85. The Morgan fingerprint density at radius 1 is 1.12 bits per heavy atom. The van der Waals surface area contributed by atoms with Crippen molar-refractivity contribution in [3.8, 4) is 5.75 Å². The Bertz CT molecular complexity index is 1160. The van der Waals surface area contributed by atoms with E-state index in [-0.39, 0.29) is 34.9 Å². The van der Waals surface area contributed by atoms with Gasteiger partial charge >= 0.3 is 6.03 Å². The molecule has 0 aliphatic carbocycles. The summed E-state index contributed by atoms with van der Waals surface area (Å²) in [6.45, 7) is 3.27. The maximum absolute atomic E-state index is 13.0. The highest BCUT2D eigenvalue weighted by molar-refractivity contribution is 7.92. The molecule has 32 heavy (non-hydrogen) atoms. The molecule has 0 radical (unpaired) electrons. The first kappa shape index (κ1) is 22.2. The molecule has 0 saturated carbocycles. The molecule has 0 spiro atoms. The van der Waals surface area contributed by atoms with Gasteiger partial charge < -0.3 is 19.5 Å². The van der Waals surface area contributed by atoms with Crippen molar-refractivity contribution in [3.05, 3.63) is 52.4 Å². The number of pyridine rings is 1. The minimum atomic E-state index is -3.54. The van der Waals surface area contributed by atoms with Gasteiger partial charge in [0.2, 0.25) is 10.0 Å². The molecule has 2 atom stereocenters. The Balaban J connectivity index is 1.50. The summed E-state index contributed by atoms with van der Waals surface area (Å²) < 4.78 is 33.4. The van der Waals surface area contributed by atoms with Crippen LogP contribution in [0.3, 0.4) is 0 Å². The first-order valence-corrected chi connectivity index (χ1v) is 12.4. The molecule has 10 heteroatoms. The van der Waals surface area contributed by atoms with E-state index in [1.165, 1.54) is 6.07 Å². The van der Waals surface area contributed by atoms with Gasteiger partial charge in [-0.2, -0.15) is 0 Å². The first-order valence-electron chi connectivity index (χ1n) is 10.7. The highest BCUT2D eigenvalue weighted by Crippen LogP contribution is 2.35. The summed E-state index contributed by atoms with van der Waals surface area (Å²) >= 11 is 0. The average molecular weight is 461 g/mol. The molecule has 2 N–H and O–H groups in total. The molecule has 1 aromatic carbocycles. The molecule has 3 heterocycles. The van der Waals surface area contributed by atoms with Crippen LogP contribution in [-0.2, 0) is 16.6 Å². The van der Waals surface area contributed by atoms with Crippen molar-refractivity contribution in [2.24, 2.45) is 5.92 Å². The van der Waals surface area contributed by atoms with Crippen LogP contribution in [0, 0.1) is 5.92 Å². The number of likely N-dealkylation sites (tertiary alicyclic amines) is 1. The van der Waals surface area contributed by atoms with E-state index in [1.54, 1.807) is 53.8 Å². The van der Waals surface area contributed by atoms with E-state index >= 15 is 0 Å². The molecule has 4 rings (SSSR count). The lowest BCUT2D eigenvalue weighted by atomic mass is 9.83. The summed E-state index contributed by atoms with van der Waals surface area (Å²) in [6, 6.07) is 10.3. The predicted molar refractivity (Wildman–Crippen MR) is 123 cm³/mol. The fourth-order valence-electron chi connectivity index (χ4n) is 4.55. The Hall–Kier alpha value is -3.01. The van der Waals surface area contributed by atoms with Crippen LogP contribution in [0.25, 0.3) is 0 Å². The third kappa shape index (κ3) is 4.59. The topological polar surface area (TPSA) is 110 Å². The number of piperidine rings is 1. The number of sulfonamides is 1. The van der Waals surface area contributed by atoms with Crippen LogP contribution in [0.15, 0.2) is 41.2 Å². The van der Waals surface area contributed by atoms with Crippen molar-refractivity contribution in [3.63, 3.8) is 0 Å². The summed E-state index contributed by atoms with van der Waals surface area (Å²) in [5.41, 5.74) is 1.28. The minimum absolute atomic E-state index is 0.0260. The smallest absolute Gasteiger partial charge is 0.321 e. The van der Waals surface area contributed by atoms with Gasteiger partial charge in [-0.1, -0.05) is 6.92 Å². The molecule has 2 aliphatic heterocycles. The SMILES string of the molecule is CCCS(=O)(=O)Nc1ccc2n(c1=O)CC1CC2CN(C(=O)Nc2ccc(OC)cc2)C1. The number of hydrogen-bond donors (Lipinski definition) is 2. The Morgan fingerprint density at radius 3 is 2.56 bits per heavy atom. The summed E-state index contributed by atoms with van der Waals surface area (Å²) in [5, 5.41) is 2.92. The number of urea groups is 1. The minimum Gasteiger partial charge on any atom is -0.497 e. The van der Waals surface area contributed by atoms with Crippen LogP contribution in [-0.4, -0.2) is 49.9 Å². The third-order valence-corrected chi connectivity index (χ3v) is 7.45. The number of aromatic nitrogens is 1. The standard InChI is InChI=1S/C22H28N4O5S/c1-3-10-32(29,30)24-19-8-9-20-16-11-15(13-26(20)21(19)27)12-25(14-16)22(28)23-17-4-6-18(31-2)7-5-17/h4-9,15-16,24H,3,10-14H2,1-2H3,(H,23,28). The van der Waals surface area contributed by atoms with E-state index < -0.39 is 10.0 Å². The summed E-state index contributed by atoms with van der Waals surface area (Å²) in [5.74, 6) is 0.840. The van der Waals surface area contributed by atoms with E-state index in [4.69, 9.17) is 4.74 Å². The zero-order chi connectivity index (χ0) is 22.9. The Labute approximate surface area is 187 Å². The average Bonchev–Trinajstić information content (AvgIpc) is 2.76. The molecule has 2 aliphatic rings. The number of nitrogens with one attached hydrogen (secondary N) is 2. The highest BCUT2D eigenvalue weighted by atomic mass is 32.2. The Kier molecular flexibility index (Phi) is 6.14. The van der Waals surface area contributed by atoms with Crippen LogP contribution >= 0.6 is 0 Å². The largest absolute Gasteiger partial charge is 0.497 e. The molecule has 172 valence electrons. The van der Waals surface area contributed by atoms with Gasteiger partial charge in [0.05, 0.1) is 12.9 Å². The summed E-state index contributed by atoms with van der Waals surface area (Å²) in [6.07, 6.45) is 1.37. The molecular formula is C22H28N4O5S. The van der Waals surface area contributed by atoms with Gasteiger partial charge in [-0.05, 0) is 55.2 Å². The van der Waals surface area contributed by atoms with Gasteiger partial charge in [0.1, 0.15) is 11.4 Å². The van der Waals surface area contributed by atoms with E-state index in [1.807, 2.05) is 0 Å². The first-order chi connectivity index (χ1) is 15.3. The van der Waals surface area contributed by atoms with Crippen LogP contribution in [0.1, 0.15) is 31.4 Å². The number of carbonyl (C=O) groups excluding carboxylic acids is 1. The number of rotatable bonds is 6. The number of methoxy groups -OCH3 is 1. The van der Waals surface area contributed by atoms with E-state index in [0.29, 0.717) is 37.5 Å². The van der Waals surface area contributed by atoms with Crippen molar-refractivity contribution in [1.29, 1.82) is 0 Å². The number of fused-ring (bicyclic) bond motifs is 4. The monoisotopic (exact) mass is 460 g/mol. The van der Waals surface area contributed by atoms with Gasteiger partial charge in [0.15, 0.2) is 0 Å². The molecule has 2 bridgehead atoms. The van der Waals surface area contributed by atoms with E-state index in [9.17, 15) is 18.0 Å². The normalized spacial score (nSPS) is 19.8. The molecule has 2 aromatic rings. The molecule has 1 aromatic heterocycles. The zero-order valence-electron chi connectivity index (χ0n) is 18.2. The number of anilines is 2. The van der Waals surface area contributed by atoms with Crippen molar-refractivity contribution < 1.29 is 17.9 Å². The number of hydrogen-bond acceptors (Lipinski definition) is 5. The van der Waals surface area contributed by atoms with Gasteiger partial charge in [0.25, 0.3) is 5.56 Å². The quantitative estimate of drug-likeness (QED) is 0.689. The molecule has 1 fully saturated rings. The van der Waals surface area contributed by atoms with Crippen molar-refractivity contribution in [2.45, 2.75) is 32.2 Å². The molecule has 2 unspecified atom stereocenters. The van der Waals surface area contributed by atoms with E-state index in [0.717, 1.165) is 12.1 Å². The highest BCUT2D eigenvalue weighted by Gasteiger charge is 2.37. The van der Waals surface area contributed by atoms with Gasteiger partial charge in [-0.15, -0.1) is 0 Å². The molecule has 1 saturated heterocycles. The van der Waals surface area contributed by atoms with Crippen LogP contribution in [0.4, 0.5) is 16.2 Å².